The van der Waals surface area contributed by atoms with Gasteiger partial charge in [0.1, 0.15) is 0 Å². The van der Waals surface area contributed by atoms with Gasteiger partial charge in [-0.3, -0.25) is 0 Å². The molecule has 0 spiro atoms. The van der Waals surface area contributed by atoms with Gasteiger partial charge in [0.25, 0.3) is 0 Å². The predicted octanol–water partition coefficient (Wildman–Crippen LogP) is 1.46. The van der Waals surface area contributed by atoms with Gasteiger partial charge in [0, 0.05) is 26.2 Å². The van der Waals surface area contributed by atoms with Crippen LogP contribution >= 0.6 is 0 Å². The third-order valence-corrected chi connectivity index (χ3v) is 1.17. The van der Waals surface area contributed by atoms with E-state index in [-0.39, 0.29) is 6.54 Å². The molecule has 0 aliphatic carbocycles. The van der Waals surface area contributed by atoms with Gasteiger partial charge in [0.2, 0.25) is 0 Å². The molecular weight excluding hydrogens is 143 g/mol. The lowest BCUT2D eigenvalue weighted by Crippen LogP contribution is -2.10. The molecule has 1 rings (SSSR count). The molecule has 10 heavy (non-hydrogen) atoms. The first-order valence-electron chi connectivity index (χ1n) is 2.73. The first-order chi connectivity index (χ1) is 4.50. The smallest absolute Gasteiger partial charge is 0.379 e. The molecule has 0 unspecified atom stereocenters. The van der Waals surface area contributed by atoms with Crippen molar-refractivity contribution in [3.63, 3.8) is 0 Å². The molecule has 4 heteroatoms. The van der Waals surface area contributed by atoms with Crippen LogP contribution in [0.2, 0.25) is 0 Å². The topological polar surface area (TPSA) is 3.24 Å². The minimum atomic E-state index is -4.23. The lowest BCUT2D eigenvalue weighted by atomic mass is 10.2. The van der Waals surface area contributed by atoms with Gasteiger partial charge in [-0.05, 0) is 0 Å². The Morgan fingerprint density at radius 3 is 2.40 bits per heavy atom. The maximum Gasteiger partial charge on any atom is 0.414 e. The van der Waals surface area contributed by atoms with E-state index in [0.29, 0.717) is 0 Å². The Bertz CT molecular complexity index is 159. The molecule has 0 saturated heterocycles. The lowest BCUT2D eigenvalue weighted by Gasteiger charge is -2.03. The molecule has 2 radical (unpaired) electrons. The summed E-state index contributed by atoms with van der Waals surface area (Å²) in [7, 11) is 1.58. The van der Waals surface area contributed by atoms with E-state index >= 15 is 0 Å². The monoisotopic (exact) mass is 149 g/mol. The molecular formula is C6H6F3N. The number of alkyl halides is 3. The van der Waals surface area contributed by atoms with E-state index < -0.39 is 11.7 Å². The molecule has 0 aromatic carbocycles. The van der Waals surface area contributed by atoms with Gasteiger partial charge in [-0.1, -0.05) is 0 Å². The Morgan fingerprint density at radius 1 is 1.60 bits per heavy atom. The summed E-state index contributed by atoms with van der Waals surface area (Å²) in [6.45, 7) is 0.231. The van der Waals surface area contributed by atoms with E-state index in [1.54, 1.807) is 7.05 Å². The van der Waals surface area contributed by atoms with Crippen molar-refractivity contribution in [1.82, 2.24) is 4.90 Å². The Balaban J connectivity index is 2.67. The molecule has 0 bridgehead atoms. The highest BCUT2D eigenvalue weighted by atomic mass is 19.4. The second-order valence-electron chi connectivity index (χ2n) is 2.13. The van der Waals surface area contributed by atoms with Crippen LogP contribution < -0.4 is 0 Å². The van der Waals surface area contributed by atoms with E-state index in [4.69, 9.17) is 0 Å². The maximum absolute atomic E-state index is 11.8. The van der Waals surface area contributed by atoms with E-state index in [0.717, 1.165) is 6.20 Å². The largest absolute Gasteiger partial charge is 0.414 e. The Hall–Kier alpha value is -0.670. The fourth-order valence-corrected chi connectivity index (χ4v) is 0.695. The van der Waals surface area contributed by atoms with Crippen LogP contribution in [0.5, 0.6) is 0 Å². The number of hydrogen-bond donors (Lipinski definition) is 0. The normalized spacial score (nSPS) is 19.6. The van der Waals surface area contributed by atoms with Crippen molar-refractivity contribution in [2.75, 3.05) is 13.6 Å². The standard InChI is InChI=1S/C6H6F3N/c1-10-3-2-5(4-10)6(7,8)9/h4H,3H2,1H3. The molecule has 0 aromatic heterocycles. The fraction of sp³-hybridized carbons (Fsp3) is 0.500. The highest BCUT2D eigenvalue weighted by molar-refractivity contribution is 5.24. The zero-order chi connectivity index (χ0) is 7.78. The summed E-state index contributed by atoms with van der Waals surface area (Å²) >= 11 is 0. The molecule has 0 saturated carbocycles. The van der Waals surface area contributed by atoms with Crippen molar-refractivity contribution in [1.29, 1.82) is 0 Å². The second kappa shape index (κ2) is 2.18. The summed E-state index contributed by atoms with van der Waals surface area (Å²) in [5, 5.41) is 0. The summed E-state index contributed by atoms with van der Waals surface area (Å²) in [6.07, 6.45) is -0.981. The van der Waals surface area contributed by atoms with Gasteiger partial charge in [0.05, 0.1) is 5.57 Å². The quantitative estimate of drug-likeness (QED) is 0.504. The van der Waals surface area contributed by atoms with Crippen molar-refractivity contribution >= 4 is 0 Å². The minimum absolute atomic E-state index is 0.231. The van der Waals surface area contributed by atoms with Crippen molar-refractivity contribution in [2.24, 2.45) is 0 Å². The first kappa shape index (κ1) is 7.44. The third-order valence-electron chi connectivity index (χ3n) is 1.17. The first-order valence-corrected chi connectivity index (χ1v) is 2.73. The zero-order valence-corrected chi connectivity index (χ0v) is 5.37. The number of rotatable bonds is 0. The van der Waals surface area contributed by atoms with Crippen LogP contribution in [0.1, 0.15) is 0 Å². The van der Waals surface area contributed by atoms with E-state index in [1.165, 1.54) is 4.90 Å². The van der Waals surface area contributed by atoms with E-state index in [9.17, 15) is 13.2 Å². The maximum atomic E-state index is 11.8. The molecule has 1 nitrogen and oxygen atoms in total. The number of hydrogen-bond acceptors (Lipinski definition) is 1. The molecule has 1 heterocycles. The van der Waals surface area contributed by atoms with Crippen LogP contribution in [0.3, 0.4) is 0 Å². The van der Waals surface area contributed by atoms with Gasteiger partial charge >= 0.3 is 6.18 Å². The van der Waals surface area contributed by atoms with Crippen LogP contribution in [0.15, 0.2) is 11.8 Å². The third kappa shape index (κ3) is 1.43. The number of nitrogens with zero attached hydrogens (tertiary/aromatic N) is 1. The van der Waals surface area contributed by atoms with E-state index in [2.05, 4.69) is 6.42 Å². The Morgan fingerprint density at radius 2 is 2.20 bits per heavy atom. The van der Waals surface area contributed by atoms with Crippen molar-refractivity contribution in [3.05, 3.63) is 18.2 Å². The molecule has 0 N–H and O–H groups in total. The molecule has 0 fully saturated rings. The van der Waals surface area contributed by atoms with Crippen LogP contribution in [-0.4, -0.2) is 24.7 Å². The van der Waals surface area contributed by atoms with Gasteiger partial charge in [-0.15, -0.1) is 0 Å². The van der Waals surface area contributed by atoms with Crippen LogP contribution in [0.4, 0.5) is 13.2 Å². The minimum Gasteiger partial charge on any atom is -0.379 e. The highest BCUT2D eigenvalue weighted by Gasteiger charge is 2.36. The van der Waals surface area contributed by atoms with Gasteiger partial charge in [-0.25, -0.2) is 0 Å². The van der Waals surface area contributed by atoms with Crippen LogP contribution in [0.25, 0.3) is 0 Å². The van der Waals surface area contributed by atoms with Crippen molar-refractivity contribution in [3.8, 4) is 0 Å². The molecule has 0 aromatic rings. The summed E-state index contributed by atoms with van der Waals surface area (Å²) in [4.78, 5) is 1.43. The van der Waals surface area contributed by atoms with Crippen molar-refractivity contribution < 1.29 is 13.2 Å². The molecule has 1 aliphatic heterocycles. The predicted molar refractivity (Wildman–Crippen MR) is 30.0 cm³/mol. The SMILES string of the molecule is CN1C=C(C(F)(F)F)[C]C1. The summed E-state index contributed by atoms with van der Waals surface area (Å²) in [5.74, 6) is 0. The summed E-state index contributed by atoms with van der Waals surface area (Å²) in [5.41, 5.74) is -0.671. The van der Waals surface area contributed by atoms with Crippen LogP contribution in [0, 0.1) is 6.42 Å². The molecule has 1 aliphatic rings. The fourth-order valence-electron chi connectivity index (χ4n) is 0.695. The average molecular weight is 149 g/mol. The molecule has 0 amide bonds. The summed E-state index contributed by atoms with van der Waals surface area (Å²) in [6, 6.07) is 0. The van der Waals surface area contributed by atoms with Gasteiger partial charge in [-0.2, -0.15) is 13.2 Å². The van der Waals surface area contributed by atoms with Gasteiger partial charge in [0.15, 0.2) is 0 Å². The number of halogens is 3. The Kier molecular flexibility index (Phi) is 1.62. The summed E-state index contributed by atoms with van der Waals surface area (Å²) < 4.78 is 35.3. The lowest BCUT2D eigenvalue weighted by molar-refractivity contribution is -0.0894. The van der Waals surface area contributed by atoms with E-state index in [1.807, 2.05) is 0 Å². The Labute approximate surface area is 57.1 Å². The highest BCUT2D eigenvalue weighted by Crippen LogP contribution is 2.30. The van der Waals surface area contributed by atoms with Crippen LogP contribution in [-0.2, 0) is 0 Å². The second-order valence-corrected chi connectivity index (χ2v) is 2.13. The molecule has 0 atom stereocenters. The van der Waals surface area contributed by atoms with Crippen molar-refractivity contribution in [2.45, 2.75) is 6.18 Å². The molecule has 56 valence electrons. The average Bonchev–Trinajstić information content (AvgIpc) is 2.11. The van der Waals surface area contributed by atoms with Gasteiger partial charge < -0.3 is 4.90 Å². The zero-order valence-electron chi connectivity index (χ0n) is 5.37.